The minimum Gasteiger partial charge on any atom is -0.310 e. The summed E-state index contributed by atoms with van der Waals surface area (Å²) >= 11 is 0. The summed E-state index contributed by atoms with van der Waals surface area (Å²) in [5.41, 5.74) is 42.7. The van der Waals surface area contributed by atoms with E-state index in [2.05, 4.69) is 533 Å². The van der Waals surface area contributed by atoms with E-state index >= 15 is 0 Å². The van der Waals surface area contributed by atoms with Crippen molar-refractivity contribution < 1.29 is 0 Å². The van der Waals surface area contributed by atoms with Crippen molar-refractivity contribution in [1.82, 2.24) is 0 Å². The molecule has 0 amide bonds. The molecular formula is C126H90N2. The SMILES string of the molecule is CC1(C)c2ccccc2C2(c3ccccc3-c3cc(N(c4ccc(-c5ccccc5)cc4)c4cc(-c5ccccc5)cc(-c5ccccc5)c4)ccc32)c2ccccc21.c1ccc(-c2ccc(N(c3cc(-c4ccccc4)cc(-c4ccccc4)c3)c3ccc4c(c3)-c3ccccc3C43c4ccccc4C(c4ccccc4)(c4ccccc4)c4ccccc43)cc2)cc1. The lowest BCUT2D eigenvalue weighted by Crippen LogP contribution is -2.44. The molecule has 128 heavy (non-hydrogen) atoms. The molecule has 0 saturated carbocycles. The van der Waals surface area contributed by atoms with Crippen LogP contribution in [-0.2, 0) is 21.7 Å². The van der Waals surface area contributed by atoms with E-state index < -0.39 is 16.2 Å². The van der Waals surface area contributed by atoms with Gasteiger partial charge in [0.1, 0.15) is 0 Å². The van der Waals surface area contributed by atoms with E-state index in [4.69, 9.17) is 0 Å². The second-order valence-corrected chi connectivity index (χ2v) is 34.8. The van der Waals surface area contributed by atoms with Crippen LogP contribution in [0.15, 0.2) is 510 Å². The summed E-state index contributed by atoms with van der Waals surface area (Å²) in [6.45, 7) is 4.77. The minimum atomic E-state index is -0.583. The Kier molecular flexibility index (Phi) is 19.0. The number of nitrogens with zero attached hydrogens (tertiary/aromatic N) is 2. The van der Waals surface area contributed by atoms with Gasteiger partial charge >= 0.3 is 0 Å². The summed E-state index contributed by atoms with van der Waals surface area (Å²) in [7, 11) is 0. The number of fused-ring (bicyclic) bond motifs is 18. The Balaban J connectivity index is 0.000000148. The molecule has 0 atom stereocenters. The molecule has 604 valence electrons. The van der Waals surface area contributed by atoms with Gasteiger partial charge in [0.05, 0.1) is 16.2 Å². The molecule has 20 aromatic carbocycles. The van der Waals surface area contributed by atoms with Gasteiger partial charge in [0.25, 0.3) is 0 Å². The second-order valence-electron chi connectivity index (χ2n) is 34.8. The van der Waals surface area contributed by atoms with Crippen molar-refractivity contribution >= 4 is 34.1 Å². The first-order chi connectivity index (χ1) is 63.2. The summed E-state index contributed by atoms with van der Waals surface area (Å²) in [4.78, 5) is 4.91. The Morgan fingerprint density at radius 1 is 0.133 bits per heavy atom. The summed E-state index contributed by atoms with van der Waals surface area (Å²) in [6.07, 6.45) is 0. The highest BCUT2D eigenvalue weighted by atomic mass is 15.1. The van der Waals surface area contributed by atoms with E-state index in [1.54, 1.807) is 0 Å². The molecule has 0 aliphatic heterocycles. The molecule has 0 aromatic heterocycles. The van der Waals surface area contributed by atoms with E-state index in [1.807, 2.05) is 0 Å². The minimum absolute atomic E-state index is 0.140. The fourth-order valence-electron chi connectivity index (χ4n) is 22.1. The maximum atomic E-state index is 2.47. The third kappa shape index (κ3) is 12.4. The largest absolute Gasteiger partial charge is 0.310 e. The normalized spacial score (nSPS) is 13.6. The van der Waals surface area contributed by atoms with Gasteiger partial charge in [-0.25, -0.2) is 0 Å². The van der Waals surface area contributed by atoms with E-state index in [1.165, 1.54) is 167 Å². The average Bonchev–Trinajstić information content (AvgIpc) is 1.44. The highest BCUT2D eigenvalue weighted by molar-refractivity contribution is 5.97. The van der Waals surface area contributed by atoms with E-state index in [0.717, 1.165) is 34.1 Å². The van der Waals surface area contributed by atoms with Crippen LogP contribution >= 0.6 is 0 Å². The Morgan fingerprint density at radius 2 is 0.344 bits per heavy atom. The van der Waals surface area contributed by atoms with Gasteiger partial charge in [-0.1, -0.05) is 438 Å². The van der Waals surface area contributed by atoms with Crippen LogP contribution < -0.4 is 9.80 Å². The number of rotatable bonds is 14. The zero-order chi connectivity index (χ0) is 85.3. The van der Waals surface area contributed by atoms with Gasteiger partial charge in [-0.2, -0.15) is 0 Å². The number of benzene rings is 20. The molecule has 2 heteroatoms. The van der Waals surface area contributed by atoms with Gasteiger partial charge in [0.15, 0.2) is 0 Å². The van der Waals surface area contributed by atoms with Crippen molar-refractivity contribution in [3.63, 3.8) is 0 Å². The monoisotopic (exact) mass is 1630 g/mol. The fraction of sp³-hybridized carbons (Fsp3) is 0.0476. The molecule has 0 radical (unpaired) electrons. The molecule has 20 aromatic rings. The highest BCUT2D eigenvalue weighted by Crippen LogP contribution is 2.67. The molecular weight excluding hydrogens is 1540 g/mol. The van der Waals surface area contributed by atoms with Crippen molar-refractivity contribution in [1.29, 1.82) is 0 Å². The fourth-order valence-corrected chi connectivity index (χ4v) is 22.1. The predicted molar refractivity (Wildman–Crippen MR) is 533 cm³/mol. The van der Waals surface area contributed by atoms with Crippen LogP contribution in [0, 0.1) is 0 Å². The summed E-state index contributed by atoms with van der Waals surface area (Å²) in [5.74, 6) is 0. The van der Waals surface area contributed by atoms with Gasteiger partial charge < -0.3 is 9.80 Å². The molecule has 24 rings (SSSR count). The smallest absolute Gasteiger partial charge is 0.0720 e. The Morgan fingerprint density at radius 3 is 0.641 bits per heavy atom. The molecule has 0 bridgehead atoms. The molecule has 2 nitrogen and oxygen atoms in total. The van der Waals surface area contributed by atoms with Crippen molar-refractivity contribution in [2.24, 2.45) is 0 Å². The lowest BCUT2D eigenvalue weighted by Gasteiger charge is -2.50. The lowest BCUT2D eigenvalue weighted by atomic mass is 9.51. The zero-order valence-corrected chi connectivity index (χ0v) is 71.4. The van der Waals surface area contributed by atoms with Crippen LogP contribution in [0.5, 0.6) is 0 Å². The zero-order valence-electron chi connectivity index (χ0n) is 71.4. The van der Waals surface area contributed by atoms with Crippen molar-refractivity contribution in [2.45, 2.75) is 35.5 Å². The summed E-state index contributed by atoms with van der Waals surface area (Å²) in [5, 5.41) is 0. The standard InChI is InChI=1S/C68H47N.C58H43N/c1-6-22-48(23-7-1)51-38-40-56(41-39-51)69(58-45-52(49-24-8-2-9-25-49)44-53(46-58)50-26-10-3-11-27-50)57-42-43-62-60(47-57)59-32-16-17-33-61(59)68(62)65-36-20-18-34-63(65)67(54-28-12-4-13-29-54,55-30-14-5-15-31-55)64-35-19-21-37-66(64)68;1-57(2)53-26-14-16-28-55(53)58(56-29-17-15-27-54(56)57)51-25-13-12-24-49(51)50-39-47(34-35-52(50)58)59(46-32-30-43(31-33-46)40-18-6-3-7-19-40)48-37-44(41-20-8-4-9-21-41)36-45(38-48)42-22-10-5-11-23-42/h1-47H;3-39H,1-2H3. The summed E-state index contributed by atoms with van der Waals surface area (Å²) < 4.78 is 0. The lowest BCUT2D eigenvalue weighted by molar-refractivity contribution is 0.563. The van der Waals surface area contributed by atoms with Crippen molar-refractivity contribution in [3.05, 3.63) is 587 Å². The van der Waals surface area contributed by atoms with E-state index in [9.17, 15) is 0 Å². The molecule has 0 unspecified atom stereocenters. The predicted octanol–water partition coefficient (Wildman–Crippen LogP) is 32.4. The molecule has 4 aliphatic carbocycles. The number of anilines is 6. The quantitative estimate of drug-likeness (QED) is 0.107. The maximum absolute atomic E-state index is 2.47. The molecule has 0 fully saturated rings. The van der Waals surface area contributed by atoms with Crippen LogP contribution in [0.3, 0.4) is 0 Å². The average molecular weight is 1630 g/mol. The molecule has 0 N–H and O–H groups in total. The van der Waals surface area contributed by atoms with Crippen LogP contribution in [0.1, 0.15) is 91.7 Å². The Bertz CT molecular complexity index is 7280. The van der Waals surface area contributed by atoms with Crippen LogP contribution in [0.2, 0.25) is 0 Å². The Hall–Kier alpha value is -16.0. The van der Waals surface area contributed by atoms with Gasteiger partial charge in [0.2, 0.25) is 0 Å². The molecule has 0 heterocycles. The number of hydrogen-bond donors (Lipinski definition) is 0. The van der Waals surface area contributed by atoms with E-state index in [-0.39, 0.29) is 5.41 Å². The third-order valence-corrected chi connectivity index (χ3v) is 27.7. The van der Waals surface area contributed by atoms with Crippen LogP contribution in [0.25, 0.3) is 89.0 Å². The van der Waals surface area contributed by atoms with Crippen LogP contribution in [-0.4, -0.2) is 0 Å². The molecule has 0 saturated heterocycles. The van der Waals surface area contributed by atoms with Crippen LogP contribution in [0.4, 0.5) is 34.1 Å². The van der Waals surface area contributed by atoms with E-state index in [0.29, 0.717) is 0 Å². The van der Waals surface area contributed by atoms with Gasteiger partial charge in [0, 0.05) is 39.5 Å². The Labute approximate surface area is 750 Å². The highest BCUT2D eigenvalue weighted by Gasteiger charge is 2.58. The second kappa shape index (κ2) is 31.7. The molecule has 4 aliphatic rings. The number of hydrogen-bond acceptors (Lipinski definition) is 2. The third-order valence-electron chi connectivity index (χ3n) is 27.7. The van der Waals surface area contributed by atoms with Gasteiger partial charge in [-0.05, 0) is 252 Å². The van der Waals surface area contributed by atoms with Crippen molar-refractivity contribution in [2.75, 3.05) is 9.80 Å². The first kappa shape index (κ1) is 76.9. The summed E-state index contributed by atoms with van der Waals surface area (Å²) in [6, 6.07) is 189. The first-order valence-corrected chi connectivity index (χ1v) is 44.7. The maximum Gasteiger partial charge on any atom is 0.0720 e. The van der Waals surface area contributed by atoms with Gasteiger partial charge in [-0.15, -0.1) is 0 Å². The van der Waals surface area contributed by atoms with Gasteiger partial charge in [-0.3, -0.25) is 0 Å². The first-order valence-electron chi connectivity index (χ1n) is 44.7. The topological polar surface area (TPSA) is 6.48 Å². The molecule has 2 spiro atoms. The van der Waals surface area contributed by atoms with Crippen molar-refractivity contribution in [3.8, 4) is 89.0 Å².